The first-order valence-electron chi connectivity index (χ1n) is 10.0. The number of hydrogen-bond acceptors (Lipinski definition) is 4. The summed E-state index contributed by atoms with van der Waals surface area (Å²) in [6.07, 6.45) is 1.68. The molecule has 3 aromatic carbocycles. The molecule has 0 radical (unpaired) electrons. The number of hydrogen-bond donors (Lipinski definition) is 1. The molecule has 0 bridgehead atoms. The molecule has 0 atom stereocenters. The van der Waals surface area contributed by atoms with Gasteiger partial charge in [0.25, 0.3) is 0 Å². The lowest BCUT2D eigenvalue weighted by atomic mass is 9.90. The zero-order chi connectivity index (χ0) is 21.0. The number of carbonyl (C=O) groups excluding carboxylic acids is 1. The molecule has 1 amide bonds. The van der Waals surface area contributed by atoms with Crippen LogP contribution < -0.4 is 5.32 Å². The van der Waals surface area contributed by atoms with Crippen LogP contribution in [0.1, 0.15) is 17.0 Å². The summed E-state index contributed by atoms with van der Waals surface area (Å²) in [4.78, 5) is 22.0. The minimum absolute atomic E-state index is 0.103. The lowest BCUT2D eigenvalue weighted by Crippen LogP contribution is -2.22. The number of amides is 1. The number of carbonyl (C=O) groups is 1. The van der Waals surface area contributed by atoms with Gasteiger partial charge < -0.3 is 9.73 Å². The molecule has 0 fully saturated rings. The van der Waals surface area contributed by atoms with Crippen LogP contribution in [0.15, 0.2) is 108 Å². The van der Waals surface area contributed by atoms with Crippen LogP contribution in [-0.4, -0.2) is 15.9 Å². The van der Waals surface area contributed by atoms with Gasteiger partial charge in [-0.1, -0.05) is 66.7 Å². The van der Waals surface area contributed by atoms with Gasteiger partial charge in [-0.15, -0.1) is 0 Å². The summed E-state index contributed by atoms with van der Waals surface area (Å²) >= 11 is 0. The van der Waals surface area contributed by atoms with Crippen molar-refractivity contribution in [2.24, 2.45) is 0 Å². The summed E-state index contributed by atoms with van der Waals surface area (Å²) in [5, 5.41) is 3.06. The van der Waals surface area contributed by atoms with Crippen LogP contribution in [-0.2, 0) is 4.79 Å². The van der Waals surface area contributed by atoms with Gasteiger partial charge in [0.15, 0.2) is 11.2 Å². The Kier molecular flexibility index (Phi) is 4.99. The van der Waals surface area contributed by atoms with Gasteiger partial charge in [0.2, 0.25) is 11.8 Å². The summed E-state index contributed by atoms with van der Waals surface area (Å²) in [6.45, 7) is 0. The van der Waals surface area contributed by atoms with Crippen LogP contribution in [0.4, 0.5) is 5.69 Å². The molecule has 0 unspecified atom stereocenters. The molecule has 5 aromatic rings. The predicted molar refractivity (Wildman–Crippen MR) is 121 cm³/mol. The Morgan fingerprint density at radius 1 is 0.806 bits per heavy atom. The Hall–Kier alpha value is -4.25. The fourth-order valence-electron chi connectivity index (χ4n) is 3.62. The lowest BCUT2D eigenvalue weighted by Gasteiger charge is -2.18. The molecule has 2 aromatic heterocycles. The number of nitrogens with zero attached hydrogens (tertiary/aromatic N) is 2. The van der Waals surface area contributed by atoms with Crippen LogP contribution in [0.25, 0.3) is 22.7 Å². The summed E-state index contributed by atoms with van der Waals surface area (Å²) in [7, 11) is 0. The maximum absolute atomic E-state index is 13.3. The van der Waals surface area contributed by atoms with Gasteiger partial charge in [-0.2, -0.15) is 4.98 Å². The van der Waals surface area contributed by atoms with Crippen LogP contribution in [0.2, 0.25) is 0 Å². The zero-order valence-electron chi connectivity index (χ0n) is 16.6. The number of oxazole rings is 1. The van der Waals surface area contributed by atoms with E-state index >= 15 is 0 Å². The van der Waals surface area contributed by atoms with Gasteiger partial charge >= 0.3 is 0 Å². The first-order chi connectivity index (χ1) is 15.3. The van der Waals surface area contributed by atoms with Gasteiger partial charge in [0, 0.05) is 17.4 Å². The third-order valence-electron chi connectivity index (χ3n) is 5.07. The average Bonchev–Trinajstić information content (AvgIpc) is 3.25. The molecule has 1 N–H and O–H groups in total. The van der Waals surface area contributed by atoms with E-state index in [0.29, 0.717) is 22.8 Å². The van der Waals surface area contributed by atoms with E-state index < -0.39 is 5.92 Å². The van der Waals surface area contributed by atoms with Crippen molar-refractivity contribution in [2.45, 2.75) is 5.92 Å². The van der Waals surface area contributed by atoms with Crippen LogP contribution in [0.5, 0.6) is 0 Å². The molecule has 2 heterocycles. The number of fused-ring (bicyclic) bond motifs is 1. The van der Waals surface area contributed by atoms with Crippen LogP contribution in [0.3, 0.4) is 0 Å². The SMILES string of the molecule is O=C(Nc1cccc(-c2nc3ncccc3o2)c1)C(c1ccccc1)c1ccccc1. The van der Waals surface area contributed by atoms with E-state index in [9.17, 15) is 4.79 Å². The number of rotatable bonds is 5. The maximum atomic E-state index is 13.3. The highest BCUT2D eigenvalue weighted by atomic mass is 16.3. The highest BCUT2D eigenvalue weighted by Crippen LogP contribution is 2.28. The molecular formula is C26H19N3O2. The molecule has 31 heavy (non-hydrogen) atoms. The molecule has 5 heteroatoms. The van der Waals surface area contributed by atoms with Gasteiger partial charge in [0.05, 0.1) is 5.92 Å². The standard InChI is InChI=1S/C26H19N3O2/c30-25(23(18-9-3-1-4-10-18)19-11-5-2-6-12-19)28-21-14-7-13-20(17-21)26-29-24-22(31-26)15-8-16-27-24/h1-17,23H,(H,28,30). The van der Waals surface area contributed by atoms with Crippen LogP contribution in [0, 0.1) is 0 Å². The van der Waals surface area contributed by atoms with E-state index in [1.165, 1.54) is 0 Å². The second-order valence-corrected chi connectivity index (χ2v) is 7.17. The molecule has 5 nitrogen and oxygen atoms in total. The molecule has 0 aliphatic heterocycles. The normalized spacial score (nSPS) is 11.0. The molecule has 0 aliphatic carbocycles. The second kappa shape index (κ2) is 8.24. The molecular weight excluding hydrogens is 386 g/mol. The summed E-state index contributed by atoms with van der Waals surface area (Å²) in [5.74, 6) is -0.0548. The number of nitrogens with one attached hydrogen (secondary N) is 1. The third-order valence-corrected chi connectivity index (χ3v) is 5.07. The van der Waals surface area contributed by atoms with E-state index in [-0.39, 0.29) is 5.91 Å². The van der Waals surface area contributed by atoms with Gasteiger partial charge in [0.1, 0.15) is 0 Å². The van der Waals surface area contributed by atoms with E-state index in [2.05, 4.69) is 15.3 Å². The Balaban J connectivity index is 1.45. The molecule has 0 spiro atoms. The van der Waals surface area contributed by atoms with Gasteiger partial charge in [-0.05, 0) is 41.5 Å². The van der Waals surface area contributed by atoms with E-state index in [1.807, 2.05) is 91.0 Å². The van der Waals surface area contributed by atoms with Gasteiger partial charge in [-0.3, -0.25) is 4.79 Å². The summed E-state index contributed by atoms with van der Waals surface area (Å²) in [6, 6.07) is 30.7. The quantitative estimate of drug-likeness (QED) is 0.410. The lowest BCUT2D eigenvalue weighted by molar-refractivity contribution is -0.116. The minimum Gasteiger partial charge on any atom is -0.434 e. The number of anilines is 1. The van der Waals surface area contributed by atoms with Crippen molar-refractivity contribution in [3.05, 3.63) is 114 Å². The third kappa shape index (κ3) is 3.94. The number of benzene rings is 3. The van der Waals surface area contributed by atoms with Crippen molar-refractivity contribution in [1.29, 1.82) is 0 Å². The first kappa shape index (κ1) is 18.8. The fraction of sp³-hybridized carbons (Fsp3) is 0.0385. The first-order valence-corrected chi connectivity index (χ1v) is 10.0. The van der Waals surface area contributed by atoms with Gasteiger partial charge in [-0.25, -0.2) is 4.98 Å². The largest absolute Gasteiger partial charge is 0.434 e. The molecule has 0 saturated heterocycles. The number of aromatic nitrogens is 2. The smallest absolute Gasteiger partial charge is 0.236 e. The Labute approximate surface area is 179 Å². The zero-order valence-corrected chi connectivity index (χ0v) is 16.6. The van der Waals surface area contributed by atoms with Crippen molar-refractivity contribution in [1.82, 2.24) is 9.97 Å². The monoisotopic (exact) mass is 405 g/mol. The van der Waals surface area contributed by atoms with Crippen molar-refractivity contribution in [3.8, 4) is 11.5 Å². The maximum Gasteiger partial charge on any atom is 0.236 e. The predicted octanol–water partition coefficient (Wildman–Crippen LogP) is 5.66. The van der Waals surface area contributed by atoms with Crippen molar-refractivity contribution >= 4 is 22.8 Å². The second-order valence-electron chi connectivity index (χ2n) is 7.17. The van der Waals surface area contributed by atoms with Crippen molar-refractivity contribution in [3.63, 3.8) is 0 Å². The molecule has 0 aliphatic rings. The van der Waals surface area contributed by atoms with Crippen LogP contribution >= 0.6 is 0 Å². The minimum atomic E-state index is -0.417. The Bertz CT molecular complexity index is 1260. The molecule has 0 saturated carbocycles. The highest BCUT2D eigenvalue weighted by Gasteiger charge is 2.23. The van der Waals surface area contributed by atoms with E-state index in [0.717, 1.165) is 16.7 Å². The van der Waals surface area contributed by atoms with E-state index in [1.54, 1.807) is 12.3 Å². The highest BCUT2D eigenvalue weighted by molar-refractivity contribution is 5.98. The summed E-state index contributed by atoms with van der Waals surface area (Å²) < 4.78 is 5.81. The fourth-order valence-corrected chi connectivity index (χ4v) is 3.62. The van der Waals surface area contributed by atoms with E-state index in [4.69, 9.17) is 4.42 Å². The average molecular weight is 405 g/mol. The Morgan fingerprint density at radius 3 is 2.19 bits per heavy atom. The van der Waals surface area contributed by atoms with Crippen molar-refractivity contribution < 1.29 is 9.21 Å². The topological polar surface area (TPSA) is 68.0 Å². The molecule has 5 rings (SSSR count). The van der Waals surface area contributed by atoms with Crippen molar-refractivity contribution in [2.75, 3.05) is 5.32 Å². The molecule has 150 valence electrons. The Morgan fingerprint density at radius 2 is 1.52 bits per heavy atom. The number of pyridine rings is 1. The summed E-state index contributed by atoms with van der Waals surface area (Å²) in [5.41, 5.74) is 4.50.